The molecule has 0 spiro atoms. The van der Waals surface area contributed by atoms with Gasteiger partial charge in [0.2, 0.25) is 0 Å². The zero-order valence-electron chi connectivity index (χ0n) is 12.0. The normalized spacial score (nSPS) is 25.6. The van der Waals surface area contributed by atoms with E-state index in [-0.39, 0.29) is 6.61 Å². The summed E-state index contributed by atoms with van der Waals surface area (Å²) in [4.78, 5) is 2.54. The topological polar surface area (TPSA) is 35.5 Å². The molecule has 1 aromatic carbocycles. The molecule has 106 valence electrons. The van der Waals surface area contributed by atoms with E-state index in [0.717, 1.165) is 19.6 Å². The minimum absolute atomic E-state index is 0.267. The van der Waals surface area contributed by atoms with Crippen LogP contribution >= 0.6 is 0 Å². The second-order valence-corrected chi connectivity index (χ2v) is 5.89. The number of aliphatic hydroxyl groups excluding tert-OH is 1. The van der Waals surface area contributed by atoms with E-state index in [4.69, 9.17) is 5.11 Å². The van der Waals surface area contributed by atoms with Crippen molar-refractivity contribution in [3.05, 3.63) is 35.9 Å². The Morgan fingerprint density at radius 3 is 2.79 bits per heavy atom. The third kappa shape index (κ3) is 4.30. The Bertz CT molecular complexity index is 368. The molecule has 1 fully saturated rings. The van der Waals surface area contributed by atoms with Crippen LogP contribution in [-0.2, 0) is 6.54 Å². The maximum atomic E-state index is 9.06. The number of rotatable bonds is 6. The van der Waals surface area contributed by atoms with Crippen LogP contribution in [0, 0.1) is 5.92 Å². The molecule has 1 heterocycles. The summed E-state index contributed by atoms with van der Waals surface area (Å²) >= 11 is 0. The molecule has 3 atom stereocenters. The highest BCUT2D eigenvalue weighted by Gasteiger charge is 2.28. The Balaban J connectivity index is 1.81. The molecule has 0 saturated carbocycles. The zero-order chi connectivity index (χ0) is 13.7. The number of aliphatic hydroxyl groups is 1. The molecular formula is C16H26N2O. The molecule has 2 N–H and O–H groups in total. The lowest BCUT2D eigenvalue weighted by Crippen LogP contribution is -2.36. The second-order valence-electron chi connectivity index (χ2n) is 5.89. The summed E-state index contributed by atoms with van der Waals surface area (Å²) in [5, 5.41) is 12.6. The lowest BCUT2D eigenvalue weighted by Gasteiger charge is -2.21. The average molecular weight is 262 g/mol. The summed E-state index contributed by atoms with van der Waals surface area (Å²) in [5.74, 6) is 0.346. The fourth-order valence-corrected chi connectivity index (χ4v) is 2.72. The lowest BCUT2D eigenvalue weighted by molar-refractivity contribution is 0.228. The van der Waals surface area contributed by atoms with Gasteiger partial charge in [0.1, 0.15) is 0 Å². The standard InChI is InChI=1S/C16H26N2O/c1-13(12-19)9-17-16-8-14(2)18(11-16)10-15-6-4-3-5-7-15/h3-7,13-14,16-17,19H,8-12H2,1-2H3. The van der Waals surface area contributed by atoms with Gasteiger partial charge in [-0.25, -0.2) is 0 Å². The lowest BCUT2D eigenvalue weighted by atomic mass is 10.1. The average Bonchev–Trinajstić information content (AvgIpc) is 2.78. The minimum atomic E-state index is 0.267. The first-order valence-electron chi connectivity index (χ1n) is 7.31. The Labute approximate surface area is 116 Å². The van der Waals surface area contributed by atoms with Crippen LogP contribution in [0.2, 0.25) is 0 Å². The summed E-state index contributed by atoms with van der Waals surface area (Å²) in [6.07, 6.45) is 1.20. The van der Waals surface area contributed by atoms with Crippen molar-refractivity contribution in [2.45, 2.75) is 38.9 Å². The maximum absolute atomic E-state index is 9.06. The Morgan fingerprint density at radius 2 is 2.11 bits per heavy atom. The molecule has 3 nitrogen and oxygen atoms in total. The number of nitrogens with one attached hydrogen (secondary N) is 1. The summed E-state index contributed by atoms with van der Waals surface area (Å²) in [6, 6.07) is 11.9. The Morgan fingerprint density at radius 1 is 1.37 bits per heavy atom. The van der Waals surface area contributed by atoms with Crippen molar-refractivity contribution in [3.8, 4) is 0 Å². The molecule has 1 saturated heterocycles. The van der Waals surface area contributed by atoms with E-state index in [2.05, 4.69) is 54.4 Å². The van der Waals surface area contributed by atoms with Gasteiger partial charge in [0.25, 0.3) is 0 Å². The molecule has 1 aliphatic heterocycles. The first kappa shape index (κ1) is 14.5. The summed E-state index contributed by atoms with van der Waals surface area (Å²) in [5.41, 5.74) is 1.39. The summed E-state index contributed by atoms with van der Waals surface area (Å²) in [7, 11) is 0. The molecule has 0 aromatic heterocycles. The largest absolute Gasteiger partial charge is 0.396 e. The van der Waals surface area contributed by atoms with Gasteiger partial charge in [-0.3, -0.25) is 4.90 Å². The molecule has 19 heavy (non-hydrogen) atoms. The molecule has 1 aliphatic rings. The fourth-order valence-electron chi connectivity index (χ4n) is 2.72. The molecule has 3 heteroatoms. The van der Waals surface area contributed by atoms with E-state index < -0.39 is 0 Å². The fraction of sp³-hybridized carbons (Fsp3) is 0.625. The van der Waals surface area contributed by atoms with Gasteiger partial charge in [0, 0.05) is 38.3 Å². The van der Waals surface area contributed by atoms with Crippen LogP contribution in [0.3, 0.4) is 0 Å². The predicted octanol–water partition coefficient (Wildman–Crippen LogP) is 1.87. The van der Waals surface area contributed by atoms with Crippen molar-refractivity contribution in [1.82, 2.24) is 10.2 Å². The van der Waals surface area contributed by atoms with Crippen LogP contribution in [0.15, 0.2) is 30.3 Å². The predicted molar refractivity (Wildman–Crippen MR) is 79.0 cm³/mol. The highest BCUT2D eigenvalue weighted by atomic mass is 16.3. The van der Waals surface area contributed by atoms with Crippen LogP contribution in [0.1, 0.15) is 25.8 Å². The van der Waals surface area contributed by atoms with Gasteiger partial charge >= 0.3 is 0 Å². The van der Waals surface area contributed by atoms with Crippen LogP contribution in [0.25, 0.3) is 0 Å². The molecule has 2 rings (SSSR count). The van der Waals surface area contributed by atoms with E-state index in [1.54, 1.807) is 0 Å². The van der Waals surface area contributed by atoms with E-state index in [1.165, 1.54) is 12.0 Å². The minimum Gasteiger partial charge on any atom is -0.396 e. The number of hydrogen-bond donors (Lipinski definition) is 2. The molecule has 0 radical (unpaired) electrons. The highest BCUT2D eigenvalue weighted by molar-refractivity contribution is 5.15. The summed E-state index contributed by atoms with van der Waals surface area (Å²) < 4.78 is 0. The first-order valence-corrected chi connectivity index (χ1v) is 7.31. The SMILES string of the molecule is CC(CO)CNC1CC(C)N(Cc2ccccc2)C1. The van der Waals surface area contributed by atoms with Crippen LogP contribution < -0.4 is 5.32 Å². The van der Waals surface area contributed by atoms with Crippen molar-refractivity contribution in [3.63, 3.8) is 0 Å². The molecular weight excluding hydrogens is 236 g/mol. The first-order chi connectivity index (χ1) is 9.19. The van der Waals surface area contributed by atoms with Gasteiger partial charge < -0.3 is 10.4 Å². The Hall–Kier alpha value is -0.900. The van der Waals surface area contributed by atoms with Gasteiger partial charge in [-0.05, 0) is 24.8 Å². The van der Waals surface area contributed by atoms with Crippen molar-refractivity contribution >= 4 is 0 Å². The number of benzene rings is 1. The van der Waals surface area contributed by atoms with Gasteiger partial charge in [-0.2, -0.15) is 0 Å². The number of nitrogens with zero attached hydrogens (tertiary/aromatic N) is 1. The van der Waals surface area contributed by atoms with E-state index in [1.807, 2.05) is 0 Å². The van der Waals surface area contributed by atoms with E-state index >= 15 is 0 Å². The van der Waals surface area contributed by atoms with Crippen LogP contribution in [0.4, 0.5) is 0 Å². The third-order valence-electron chi connectivity index (χ3n) is 4.00. The summed E-state index contributed by atoms with van der Waals surface area (Å²) in [6.45, 7) is 7.70. The molecule has 0 aliphatic carbocycles. The monoisotopic (exact) mass is 262 g/mol. The zero-order valence-corrected chi connectivity index (χ0v) is 12.0. The maximum Gasteiger partial charge on any atom is 0.0468 e. The van der Waals surface area contributed by atoms with Crippen molar-refractivity contribution in [2.75, 3.05) is 19.7 Å². The number of likely N-dealkylation sites (tertiary alicyclic amines) is 1. The molecule has 1 aromatic rings. The smallest absolute Gasteiger partial charge is 0.0468 e. The molecule has 3 unspecified atom stereocenters. The quantitative estimate of drug-likeness (QED) is 0.821. The van der Waals surface area contributed by atoms with Crippen molar-refractivity contribution < 1.29 is 5.11 Å². The van der Waals surface area contributed by atoms with Crippen LogP contribution in [-0.4, -0.2) is 41.8 Å². The van der Waals surface area contributed by atoms with E-state index in [9.17, 15) is 0 Å². The third-order valence-corrected chi connectivity index (χ3v) is 4.00. The molecule has 0 bridgehead atoms. The van der Waals surface area contributed by atoms with Crippen LogP contribution in [0.5, 0.6) is 0 Å². The van der Waals surface area contributed by atoms with Crippen molar-refractivity contribution in [1.29, 1.82) is 0 Å². The van der Waals surface area contributed by atoms with Gasteiger partial charge in [-0.15, -0.1) is 0 Å². The Kier molecular flexibility index (Phi) is 5.37. The van der Waals surface area contributed by atoms with E-state index in [0.29, 0.717) is 18.0 Å². The highest BCUT2D eigenvalue weighted by Crippen LogP contribution is 2.20. The number of hydrogen-bond acceptors (Lipinski definition) is 3. The van der Waals surface area contributed by atoms with Crippen molar-refractivity contribution in [2.24, 2.45) is 5.92 Å². The van der Waals surface area contributed by atoms with Gasteiger partial charge in [-0.1, -0.05) is 37.3 Å². The second kappa shape index (κ2) is 7.04. The van der Waals surface area contributed by atoms with Gasteiger partial charge in [0.15, 0.2) is 0 Å². The van der Waals surface area contributed by atoms with Gasteiger partial charge in [0.05, 0.1) is 0 Å². The molecule has 0 amide bonds.